The van der Waals surface area contributed by atoms with Gasteiger partial charge in [0, 0.05) is 30.5 Å². The Morgan fingerprint density at radius 2 is 1.59 bits per heavy atom. The maximum absolute atomic E-state index is 11.3. The van der Waals surface area contributed by atoms with E-state index in [4.69, 9.17) is 0 Å². The molecule has 0 aliphatic heterocycles. The van der Waals surface area contributed by atoms with Crippen LogP contribution >= 0.6 is 8.58 Å². The summed E-state index contributed by atoms with van der Waals surface area (Å²) in [6, 6.07) is 13.0. The topological polar surface area (TPSA) is 23.5 Å². The Balaban J connectivity index is 2.62. The van der Waals surface area contributed by atoms with Crippen molar-refractivity contribution in [2.45, 2.75) is 65.0 Å². The fourth-order valence-corrected chi connectivity index (χ4v) is 5.71. The van der Waals surface area contributed by atoms with Crippen molar-refractivity contribution in [3.8, 4) is 5.75 Å². The fourth-order valence-electron chi connectivity index (χ4n) is 3.80. The van der Waals surface area contributed by atoms with Crippen LogP contribution in [0.5, 0.6) is 5.75 Å². The summed E-state index contributed by atoms with van der Waals surface area (Å²) in [5, 5.41) is 12.5. The third-order valence-corrected chi connectivity index (χ3v) is 6.97. The number of hydrogen-bond acceptors (Lipinski definition) is 2. The number of rotatable bonds is 6. The SMILES string of the molecule is CCCC(C)(Pc1ccccc1N(C)C)c1cc(C)cc(C(C)(C)C)c1O. The highest BCUT2D eigenvalue weighted by atomic mass is 31.1. The first kappa shape index (κ1) is 21.8. The van der Waals surface area contributed by atoms with E-state index in [1.54, 1.807) is 0 Å². The molecule has 0 spiro atoms. The molecule has 2 aromatic rings. The molecule has 0 aliphatic carbocycles. The van der Waals surface area contributed by atoms with Gasteiger partial charge in [0.05, 0.1) is 0 Å². The van der Waals surface area contributed by atoms with Gasteiger partial charge in [-0.25, -0.2) is 0 Å². The van der Waals surface area contributed by atoms with Gasteiger partial charge in [0.15, 0.2) is 0 Å². The minimum Gasteiger partial charge on any atom is -0.507 e. The molecule has 0 saturated heterocycles. The zero-order chi connectivity index (χ0) is 20.4. The minimum atomic E-state index is -0.0863. The first-order chi connectivity index (χ1) is 12.5. The van der Waals surface area contributed by atoms with Crippen LogP contribution in [0.2, 0.25) is 0 Å². The van der Waals surface area contributed by atoms with Crippen LogP contribution < -0.4 is 10.2 Å². The summed E-state index contributed by atoms with van der Waals surface area (Å²) in [5.41, 5.74) is 4.55. The van der Waals surface area contributed by atoms with Crippen LogP contribution in [0.4, 0.5) is 5.69 Å². The Morgan fingerprint density at radius 3 is 2.15 bits per heavy atom. The molecule has 2 unspecified atom stereocenters. The summed E-state index contributed by atoms with van der Waals surface area (Å²) >= 11 is 0. The van der Waals surface area contributed by atoms with Crippen molar-refractivity contribution in [1.29, 1.82) is 0 Å². The zero-order valence-electron chi connectivity index (χ0n) is 18.3. The summed E-state index contributed by atoms with van der Waals surface area (Å²) in [4.78, 5) is 2.19. The lowest BCUT2D eigenvalue weighted by Gasteiger charge is -2.34. The van der Waals surface area contributed by atoms with E-state index in [0.717, 1.165) is 24.0 Å². The quantitative estimate of drug-likeness (QED) is 0.609. The molecule has 1 N–H and O–H groups in total. The van der Waals surface area contributed by atoms with Gasteiger partial charge in [0.2, 0.25) is 0 Å². The Morgan fingerprint density at radius 1 is 1.00 bits per heavy atom. The summed E-state index contributed by atoms with van der Waals surface area (Å²) in [7, 11) is 4.79. The molecule has 0 aromatic heterocycles. The molecule has 0 fully saturated rings. The first-order valence-corrected chi connectivity index (χ1v) is 10.9. The summed E-state index contributed by atoms with van der Waals surface area (Å²) in [6.07, 6.45) is 2.14. The van der Waals surface area contributed by atoms with Crippen molar-refractivity contribution < 1.29 is 5.11 Å². The molecule has 0 bridgehead atoms. The van der Waals surface area contributed by atoms with Crippen LogP contribution in [0.25, 0.3) is 0 Å². The van der Waals surface area contributed by atoms with E-state index in [1.165, 1.54) is 16.6 Å². The second-order valence-corrected chi connectivity index (χ2v) is 11.0. The molecule has 0 radical (unpaired) electrons. The van der Waals surface area contributed by atoms with Gasteiger partial charge in [0.25, 0.3) is 0 Å². The highest BCUT2D eigenvalue weighted by molar-refractivity contribution is 7.49. The number of benzene rings is 2. The van der Waals surface area contributed by atoms with Crippen molar-refractivity contribution >= 4 is 19.6 Å². The summed E-state index contributed by atoms with van der Waals surface area (Å²) in [5.74, 6) is 0.485. The van der Waals surface area contributed by atoms with Crippen LogP contribution in [0.15, 0.2) is 36.4 Å². The monoisotopic (exact) mass is 385 g/mol. The van der Waals surface area contributed by atoms with E-state index in [1.807, 2.05) is 0 Å². The number of aryl methyl sites for hydroxylation is 1. The molecule has 2 aromatic carbocycles. The summed E-state index contributed by atoms with van der Waals surface area (Å²) in [6.45, 7) is 13.2. The minimum absolute atomic E-state index is 0.0807. The zero-order valence-corrected chi connectivity index (χ0v) is 19.3. The van der Waals surface area contributed by atoms with E-state index in [9.17, 15) is 5.11 Å². The molecule has 0 aliphatic rings. The Kier molecular flexibility index (Phi) is 6.63. The molecule has 2 rings (SSSR count). The highest BCUT2D eigenvalue weighted by Crippen LogP contribution is 2.51. The third-order valence-electron chi connectivity index (χ3n) is 5.20. The number of aromatic hydroxyl groups is 1. The molecule has 148 valence electrons. The largest absolute Gasteiger partial charge is 0.507 e. The molecule has 2 nitrogen and oxygen atoms in total. The third kappa shape index (κ3) is 4.85. The van der Waals surface area contributed by atoms with Crippen molar-refractivity contribution in [1.82, 2.24) is 0 Å². The first-order valence-electron chi connectivity index (χ1n) is 9.88. The van der Waals surface area contributed by atoms with E-state index >= 15 is 0 Å². The van der Waals surface area contributed by atoms with Crippen LogP contribution in [-0.2, 0) is 10.6 Å². The predicted molar refractivity (Wildman–Crippen MR) is 123 cm³/mol. The number of anilines is 1. The number of phenols is 1. The normalized spacial score (nSPS) is 14.5. The van der Waals surface area contributed by atoms with Gasteiger partial charge >= 0.3 is 0 Å². The number of para-hydroxylation sites is 1. The van der Waals surface area contributed by atoms with Gasteiger partial charge in [-0.05, 0) is 35.7 Å². The lowest BCUT2D eigenvalue weighted by atomic mass is 9.81. The smallest absolute Gasteiger partial charge is 0.123 e. The number of phenolic OH excluding ortho intramolecular Hbond substituents is 1. The molecule has 0 saturated carbocycles. The maximum atomic E-state index is 11.3. The second kappa shape index (κ2) is 8.23. The average Bonchev–Trinajstić information content (AvgIpc) is 2.56. The number of nitrogens with zero attached hydrogens (tertiary/aromatic N) is 1. The fraction of sp³-hybridized carbons (Fsp3) is 0.500. The van der Waals surface area contributed by atoms with Gasteiger partial charge < -0.3 is 10.0 Å². The maximum Gasteiger partial charge on any atom is 0.123 e. The Hall–Kier alpha value is -1.53. The second-order valence-electron chi connectivity index (χ2n) is 9.08. The standard InChI is InChI=1S/C24H36NOP/c1-9-14-24(6,27-21-13-11-10-12-20(21)25(7)8)19-16-17(2)15-18(22(19)26)23(3,4)5/h10-13,15-16,26-27H,9,14H2,1-8H3. The van der Waals surface area contributed by atoms with Gasteiger partial charge in [-0.2, -0.15) is 0 Å². The van der Waals surface area contributed by atoms with Crippen LogP contribution in [-0.4, -0.2) is 19.2 Å². The Labute approximate surface area is 167 Å². The van der Waals surface area contributed by atoms with Gasteiger partial charge in [0.1, 0.15) is 5.75 Å². The molecule has 0 heterocycles. The van der Waals surface area contributed by atoms with Crippen LogP contribution in [0, 0.1) is 6.92 Å². The average molecular weight is 386 g/mol. The van der Waals surface area contributed by atoms with Gasteiger partial charge in [-0.15, -0.1) is 0 Å². The summed E-state index contributed by atoms with van der Waals surface area (Å²) < 4.78 is 0. The Bertz CT molecular complexity index is 791. The molecular weight excluding hydrogens is 349 g/mol. The van der Waals surface area contributed by atoms with Crippen LogP contribution in [0.1, 0.15) is 64.2 Å². The number of hydrogen-bond donors (Lipinski definition) is 1. The lowest BCUT2D eigenvalue weighted by Crippen LogP contribution is -2.24. The molecule has 27 heavy (non-hydrogen) atoms. The van der Waals surface area contributed by atoms with Crippen LogP contribution in [0.3, 0.4) is 0 Å². The van der Waals surface area contributed by atoms with Crippen molar-refractivity contribution in [3.63, 3.8) is 0 Å². The van der Waals surface area contributed by atoms with E-state index in [-0.39, 0.29) is 10.6 Å². The van der Waals surface area contributed by atoms with E-state index in [2.05, 4.69) is 96.9 Å². The highest BCUT2D eigenvalue weighted by Gasteiger charge is 2.33. The van der Waals surface area contributed by atoms with Crippen molar-refractivity contribution in [2.24, 2.45) is 0 Å². The van der Waals surface area contributed by atoms with Gasteiger partial charge in [-0.1, -0.05) is 85.5 Å². The molecule has 2 atom stereocenters. The molecular formula is C24H36NOP. The van der Waals surface area contributed by atoms with E-state index < -0.39 is 0 Å². The van der Waals surface area contributed by atoms with E-state index in [0.29, 0.717) is 14.3 Å². The molecule has 3 heteroatoms. The lowest BCUT2D eigenvalue weighted by molar-refractivity contribution is 0.428. The van der Waals surface area contributed by atoms with Gasteiger partial charge in [-0.3, -0.25) is 0 Å². The van der Waals surface area contributed by atoms with Crippen molar-refractivity contribution in [2.75, 3.05) is 19.0 Å². The van der Waals surface area contributed by atoms with Crippen molar-refractivity contribution in [3.05, 3.63) is 53.1 Å². The molecule has 0 amide bonds. The predicted octanol–water partition coefficient (Wildman–Crippen LogP) is 6.08.